The molecule has 0 aliphatic carbocycles. The predicted molar refractivity (Wildman–Crippen MR) is 71.0 cm³/mol. The maximum Gasteiger partial charge on any atom is 0.225 e. The summed E-state index contributed by atoms with van der Waals surface area (Å²) in [6, 6.07) is 1.95. The van der Waals surface area contributed by atoms with E-state index in [9.17, 15) is 4.79 Å². The number of ether oxygens (including phenoxy) is 1. The molecule has 0 saturated carbocycles. The van der Waals surface area contributed by atoms with Crippen molar-refractivity contribution in [3.8, 4) is 11.8 Å². The normalized spacial score (nSPS) is 18.2. The molecular weight excluding hydrogens is 248 g/mol. The lowest BCUT2D eigenvalue weighted by Gasteiger charge is -2.08. The Morgan fingerprint density at radius 2 is 2.56 bits per heavy atom. The summed E-state index contributed by atoms with van der Waals surface area (Å²) in [5.74, 6) is 5.90. The van der Waals surface area contributed by atoms with Crippen molar-refractivity contribution in [1.82, 2.24) is 5.32 Å². The summed E-state index contributed by atoms with van der Waals surface area (Å²) in [7, 11) is 0. The summed E-state index contributed by atoms with van der Waals surface area (Å²) in [5, 5.41) is 4.91. The van der Waals surface area contributed by atoms with Crippen molar-refractivity contribution >= 4 is 17.2 Å². The first-order chi connectivity index (χ1) is 8.81. The summed E-state index contributed by atoms with van der Waals surface area (Å²) < 4.78 is 5.20. The summed E-state index contributed by atoms with van der Waals surface area (Å²) in [6.45, 7) is 2.10. The molecule has 1 aliphatic rings. The summed E-state index contributed by atoms with van der Waals surface area (Å²) in [4.78, 5) is 12.9. The van der Waals surface area contributed by atoms with E-state index >= 15 is 0 Å². The molecule has 4 nitrogen and oxygen atoms in total. The van der Waals surface area contributed by atoms with Gasteiger partial charge in [-0.05, 0) is 17.9 Å². The van der Waals surface area contributed by atoms with Crippen LogP contribution in [0, 0.1) is 17.8 Å². The van der Waals surface area contributed by atoms with Crippen LogP contribution in [0.3, 0.4) is 0 Å². The van der Waals surface area contributed by atoms with Crippen LogP contribution in [0.1, 0.15) is 16.9 Å². The van der Waals surface area contributed by atoms with Gasteiger partial charge in [-0.25, -0.2) is 0 Å². The van der Waals surface area contributed by atoms with E-state index in [-0.39, 0.29) is 11.8 Å². The van der Waals surface area contributed by atoms with Crippen molar-refractivity contribution in [2.45, 2.75) is 13.0 Å². The highest BCUT2D eigenvalue weighted by Crippen LogP contribution is 2.17. The van der Waals surface area contributed by atoms with Crippen LogP contribution in [0.2, 0.25) is 0 Å². The number of nitrogens with one attached hydrogen (secondary N) is 1. The number of amides is 1. The van der Waals surface area contributed by atoms with Crippen LogP contribution in [-0.2, 0) is 16.1 Å². The molecule has 1 amide bonds. The molecule has 18 heavy (non-hydrogen) atoms. The van der Waals surface area contributed by atoms with Gasteiger partial charge in [-0.3, -0.25) is 4.79 Å². The average molecular weight is 264 g/mol. The van der Waals surface area contributed by atoms with E-state index in [1.807, 2.05) is 11.4 Å². The Kier molecular flexibility index (Phi) is 4.76. The van der Waals surface area contributed by atoms with Crippen molar-refractivity contribution in [3.05, 3.63) is 21.9 Å². The Morgan fingerprint density at radius 3 is 3.28 bits per heavy atom. The van der Waals surface area contributed by atoms with Crippen LogP contribution in [0.25, 0.3) is 0 Å². The number of hydrogen-bond acceptors (Lipinski definition) is 4. The molecule has 1 saturated heterocycles. The highest BCUT2D eigenvalue weighted by Gasteiger charge is 2.23. The van der Waals surface area contributed by atoms with Crippen LogP contribution in [0.5, 0.6) is 0 Å². The zero-order valence-electron chi connectivity index (χ0n) is 10.1. The number of hydrogen-bond donors (Lipinski definition) is 2. The molecule has 0 aromatic carbocycles. The van der Waals surface area contributed by atoms with Gasteiger partial charge in [-0.2, -0.15) is 0 Å². The third-order valence-corrected chi connectivity index (χ3v) is 3.72. The van der Waals surface area contributed by atoms with Crippen LogP contribution >= 0.6 is 11.3 Å². The van der Waals surface area contributed by atoms with Crippen molar-refractivity contribution in [3.63, 3.8) is 0 Å². The minimum atomic E-state index is 0.00328. The zero-order chi connectivity index (χ0) is 12.8. The van der Waals surface area contributed by atoms with Gasteiger partial charge in [-0.1, -0.05) is 11.8 Å². The lowest BCUT2D eigenvalue weighted by molar-refractivity contribution is -0.125. The smallest absolute Gasteiger partial charge is 0.225 e. The van der Waals surface area contributed by atoms with Gasteiger partial charge in [0, 0.05) is 17.0 Å². The SMILES string of the molecule is NCC#Cc1ccsc1CNC(=O)C1CCOC1. The predicted octanol–water partition coefficient (Wildman–Crippen LogP) is 0.711. The number of nitrogens with two attached hydrogens (primary N) is 1. The van der Waals surface area contributed by atoms with Gasteiger partial charge < -0.3 is 15.8 Å². The molecule has 1 aliphatic heterocycles. The van der Waals surface area contributed by atoms with Crippen LogP contribution in [-0.4, -0.2) is 25.7 Å². The molecule has 0 radical (unpaired) electrons. The molecule has 5 heteroatoms. The van der Waals surface area contributed by atoms with Crippen LogP contribution < -0.4 is 11.1 Å². The molecule has 96 valence electrons. The van der Waals surface area contributed by atoms with Crippen LogP contribution in [0.15, 0.2) is 11.4 Å². The molecule has 1 aromatic rings. The van der Waals surface area contributed by atoms with Gasteiger partial charge in [0.2, 0.25) is 5.91 Å². The Labute approximate surface area is 111 Å². The fourth-order valence-electron chi connectivity index (χ4n) is 1.79. The lowest BCUT2D eigenvalue weighted by atomic mass is 10.1. The van der Waals surface area contributed by atoms with E-state index in [0.717, 1.165) is 16.9 Å². The second-order valence-electron chi connectivity index (χ2n) is 4.04. The maximum atomic E-state index is 11.8. The van der Waals surface area contributed by atoms with E-state index in [0.29, 0.717) is 26.3 Å². The first-order valence-corrected chi connectivity index (χ1v) is 6.80. The van der Waals surface area contributed by atoms with E-state index in [1.54, 1.807) is 11.3 Å². The highest BCUT2D eigenvalue weighted by atomic mass is 32.1. The van der Waals surface area contributed by atoms with Crippen molar-refractivity contribution in [2.24, 2.45) is 11.7 Å². The molecule has 3 N–H and O–H groups in total. The first kappa shape index (κ1) is 13.1. The zero-order valence-corrected chi connectivity index (χ0v) is 10.9. The Bertz CT molecular complexity index is 467. The second kappa shape index (κ2) is 6.55. The Balaban J connectivity index is 1.89. The van der Waals surface area contributed by atoms with Gasteiger partial charge in [0.1, 0.15) is 0 Å². The molecule has 1 unspecified atom stereocenters. The number of thiophene rings is 1. The molecule has 2 heterocycles. The topological polar surface area (TPSA) is 64.3 Å². The van der Waals surface area contributed by atoms with Gasteiger partial charge in [0.25, 0.3) is 0 Å². The monoisotopic (exact) mass is 264 g/mol. The fourth-order valence-corrected chi connectivity index (χ4v) is 2.56. The van der Waals surface area contributed by atoms with Gasteiger partial charge >= 0.3 is 0 Å². The van der Waals surface area contributed by atoms with Crippen LogP contribution in [0.4, 0.5) is 0 Å². The van der Waals surface area contributed by atoms with E-state index in [1.165, 1.54) is 0 Å². The molecule has 1 aromatic heterocycles. The van der Waals surface area contributed by atoms with Crippen molar-refractivity contribution in [1.29, 1.82) is 0 Å². The Hall–Kier alpha value is -1.35. The Morgan fingerprint density at radius 1 is 1.67 bits per heavy atom. The van der Waals surface area contributed by atoms with Gasteiger partial charge in [-0.15, -0.1) is 11.3 Å². The van der Waals surface area contributed by atoms with E-state index in [2.05, 4.69) is 17.2 Å². The molecule has 2 rings (SSSR count). The quantitative estimate of drug-likeness (QED) is 0.790. The molecular formula is C13H16N2O2S. The highest BCUT2D eigenvalue weighted by molar-refractivity contribution is 7.10. The summed E-state index contributed by atoms with van der Waals surface area (Å²) in [6.07, 6.45) is 0.816. The van der Waals surface area contributed by atoms with Gasteiger partial charge in [0.05, 0.1) is 25.6 Å². The molecule has 0 bridgehead atoms. The number of carbonyl (C=O) groups is 1. The number of rotatable bonds is 3. The number of carbonyl (C=O) groups excluding carboxylic acids is 1. The third-order valence-electron chi connectivity index (χ3n) is 2.79. The third kappa shape index (κ3) is 3.33. The minimum Gasteiger partial charge on any atom is -0.381 e. The van der Waals surface area contributed by atoms with E-state index < -0.39 is 0 Å². The lowest BCUT2D eigenvalue weighted by Crippen LogP contribution is -2.30. The van der Waals surface area contributed by atoms with E-state index in [4.69, 9.17) is 10.5 Å². The van der Waals surface area contributed by atoms with Crippen molar-refractivity contribution in [2.75, 3.05) is 19.8 Å². The largest absolute Gasteiger partial charge is 0.381 e. The van der Waals surface area contributed by atoms with Crippen molar-refractivity contribution < 1.29 is 9.53 Å². The van der Waals surface area contributed by atoms with Gasteiger partial charge in [0.15, 0.2) is 0 Å². The standard InChI is InChI=1S/C13H16N2O2S/c14-5-1-2-10-4-7-18-12(10)8-15-13(16)11-3-6-17-9-11/h4,7,11H,3,5-6,8-9,14H2,(H,15,16). The average Bonchev–Trinajstić information content (AvgIpc) is 3.04. The summed E-state index contributed by atoms with van der Waals surface area (Å²) >= 11 is 1.60. The first-order valence-electron chi connectivity index (χ1n) is 5.92. The molecule has 1 atom stereocenters. The fraction of sp³-hybridized carbons (Fsp3) is 0.462. The maximum absolute atomic E-state index is 11.8. The molecule has 0 spiro atoms. The molecule has 1 fully saturated rings. The summed E-state index contributed by atoms with van der Waals surface area (Å²) in [5.41, 5.74) is 6.30. The minimum absolute atomic E-state index is 0.00328. The second-order valence-corrected chi connectivity index (χ2v) is 5.04.